The van der Waals surface area contributed by atoms with Gasteiger partial charge in [-0.3, -0.25) is 4.79 Å². The molecule has 2 aromatic rings. The zero-order valence-electron chi connectivity index (χ0n) is 17.7. The molecule has 0 spiro atoms. The number of esters is 1. The van der Waals surface area contributed by atoms with Crippen LogP contribution in [0.1, 0.15) is 23.6 Å². The SMILES string of the molecule is CNc1ccc(Cl)cc1C1=CC(c2ccc(OC)cc2)N(C(=S)SCC(=O)OC)CC1. The van der Waals surface area contributed by atoms with Crippen LogP contribution in [0.5, 0.6) is 5.75 Å². The van der Waals surface area contributed by atoms with Gasteiger partial charge in [0.1, 0.15) is 10.1 Å². The number of nitrogens with one attached hydrogen (secondary N) is 1. The van der Waals surface area contributed by atoms with E-state index in [4.69, 9.17) is 33.3 Å². The second kappa shape index (κ2) is 10.9. The summed E-state index contributed by atoms with van der Waals surface area (Å²) in [6.07, 6.45) is 3.03. The standard InChI is InChI=1S/C23H25ClN2O3S2/c1-25-20-9-6-17(24)13-19(20)16-10-11-26(23(30)31-14-22(27)29-3)21(12-16)15-4-7-18(28-2)8-5-15/h4-9,12-13,21,25H,10-11,14H2,1-3H3. The van der Waals surface area contributed by atoms with Crippen molar-refractivity contribution in [1.29, 1.82) is 0 Å². The van der Waals surface area contributed by atoms with Crippen molar-refractivity contribution in [3.8, 4) is 5.75 Å². The Kier molecular flexibility index (Phi) is 8.23. The highest BCUT2D eigenvalue weighted by Crippen LogP contribution is 2.38. The highest BCUT2D eigenvalue weighted by molar-refractivity contribution is 8.23. The summed E-state index contributed by atoms with van der Waals surface area (Å²) >= 11 is 13.3. The first kappa shape index (κ1) is 23.4. The average molecular weight is 477 g/mol. The molecule has 2 aromatic carbocycles. The van der Waals surface area contributed by atoms with Gasteiger partial charge in [-0.05, 0) is 47.9 Å². The lowest BCUT2D eigenvalue weighted by Crippen LogP contribution is -2.35. The summed E-state index contributed by atoms with van der Waals surface area (Å²) in [4.78, 5) is 13.7. The molecule has 0 bridgehead atoms. The number of anilines is 1. The van der Waals surface area contributed by atoms with Gasteiger partial charge < -0.3 is 19.7 Å². The minimum atomic E-state index is -0.292. The lowest BCUT2D eigenvalue weighted by Gasteiger charge is -2.37. The van der Waals surface area contributed by atoms with Gasteiger partial charge in [-0.25, -0.2) is 0 Å². The summed E-state index contributed by atoms with van der Waals surface area (Å²) in [5.41, 5.74) is 4.40. The Labute approximate surface area is 197 Å². The molecule has 31 heavy (non-hydrogen) atoms. The summed E-state index contributed by atoms with van der Waals surface area (Å²) in [6.45, 7) is 0.727. The highest BCUT2D eigenvalue weighted by Gasteiger charge is 2.27. The number of thiocarbonyl (C=S) groups is 1. The summed E-state index contributed by atoms with van der Waals surface area (Å²) in [6, 6.07) is 13.8. The maximum absolute atomic E-state index is 11.6. The van der Waals surface area contributed by atoms with Gasteiger partial charge in [-0.15, -0.1) is 0 Å². The molecule has 1 heterocycles. The van der Waals surface area contributed by atoms with Crippen LogP contribution in [0.3, 0.4) is 0 Å². The molecule has 0 saturated carbocycles. The number of nitrogens with zero attached hydrogens (tertiary/aromatic N) is 1. The normalized spacial score (nSPS) is 15.8. The Balaban J connectivity index is 1.97. The molecule has 8 heteroatoms. The molecule has 0 aliphatic carbocycles. The van der Waals surface area contributed by atoms with Crippen LogP contribution < -0.4 is 10.1 Å². The molecule has 0 fully saturated rings. The van der Waals surface area contributed by atoms with Crippen molar-refractivity contribution in [2.75, 3.05) is 38.9 Å². The summed E-state index contributed by atoms with van der Waals surface area (Å²) in [5, 5.41) is 3.95. The number of hydrogen-bond donors (Lipinski definition) is 1. The monoisotopic (exact) mass is 476 g/mol. The Morgan fingerprint density at radius 2 is 2.00 bits per heavy atom. The highest BCUT2D eigenvalue weighted by atomic mass is 35.5. The van der Waals surface area contributed by atoms with Crippen LogP contribution in [0.2, 0.25) is 5.02 Å². The second-order valence-corrected chi connectivity index (χ2v) is 8.97. The molecule has 0 amide bonds. The number of benzene rings is 2. The first-order valence-electron chi connectivity index (χ1n) is 9.79. The Morgan fingerprint density at radius 1 is 1.26 bits per heavy atom. The van der Waals surface area contributed by atoms with Gasteiger partial charge in [0.2, 0.25) is 0 Å². The van der Waals surface area contributed by atoms with Crippen LogP contribution in [0.4, 0.5) is 5.69 Å². The van der Waals surface area contributed by atoms with Crippen molar-refractivity contribution in [3.63, 3.8) is 0 Å². The lowest BCUT2D eigenvalue weighted by molar-refractivity contribution is -0.137. The number of carbonyl (C=O) groups is 1. The van der Waals surface area contributed by atoms with E-state index in [9.17, 15) is 4.79 Å². The van der Waals surface area contributed by atoms with E-state index < -0.39 is 0 Å². The molecule has 164 valence electrons. The number of halogens is 1. The van der Waals surface area contributed by atoms with Gasteiger partial charge in [0.15, 0.2) is 0 Å². The molecular weight excluding hydrogens is 452 g/mol. The fourth-order valence-electron chi connectivity index (χ4n) is 3.51. The van der Waals surface area contributed by atoms with Crippen LogP contribution in [-0.2, 0) is 9.53 Å². The van der Waals surface area contributed by atoms with Crippen molar-refractivity contribution in [3.05, 3.63) is 64.7 Å². The van der Waals surface area contributed by atoms with Gasteiger partial charge in [0.25, 0.3) is 0 Å². The van der Waals surface area contributed by atoms with E-state index in [2.05, 4.69) is 16.3 Å². The lowest BCUT2D eigenvalue weighted by atomic mass is 9.92. The number of carbonyl (C=O) groups excluding carboxylic acids is 1. The molecule has 1 aliphatic rings. The van der Waals surface area contributed by atoms with E-state index in [-0.39, 0.29) is 17.8 Å². The molecule has 1 atom stereocenters. The zero-order valence-corrected chi connectivity index (χ0v) is 20.1. The Morgan fingerprint density at radius 3 is 2.65 bits per heavy atom. The molecule has 0 aromatic heterocycles. The first-order chi connectivity index (χ1) is 15.0. The van der Waals surface area contributed by atoms with Crippen LogP contribution in [-0.4, -0.2) is 48.8 Å². The molecule has 0 saturated heterocycles. The van der Waals surface area contributed by atoms with Crippen molar-refractivity contribution >= 4 is 57.1 Å². The minimum absolute atomic E-state index is 0.0732. The number of thioether (sulfide) groups is 1. The van der Waals surface area contributed by atoms with Crippen LogP contribution in [0.15, 0.2) is 48.5 Å². The molecule has 1 unspecified atom stereocenters. The van der Waals surface area contributed by atoms with E-state index in [1.807, 2.05) is 49.5 Å². The number of ether oxygens (including phenoxy) is 2. The van der Waals surface area contributed by atoms with Gasteiger partial charge in [-0.1, -0.05) is 53.8 Å². The topological polar surface area (TPSA) is 50.8 Å². The molecule has 5 nitrogen and oxygen atoms in total. The van der Waals surface area contributed by atoms with Crippen molar-refractivity contribution in [2.24, 2.45) is 0 Å². The maximum atomic E-state index is 11.6. The molecular formula is C23H25ClN2O3S2. The van der Waals surface area contributed by atoms with Gasteiger partial charge in [0.05, 0.1) is 26.0 Å². The zero-order chi connectivity index (χ0) is 22.4. The predicted molar refractivity (Wildman–Crippen MR) is 133 cm³/mol. The number of rotatable bonds is 6. The predicted octanol–water partition coefficient (Wildman–Crippen LogP) is 5.41. The van der Waals surface area contributed by atoms with E-state index in [1.165, 1.54) is 24.4 Å². The van der Waals surface area contributed by atoms with E-state index in [0.717, 1.165) is 35.5 Å². The van der Waals surface area contributed by atoms with Crippen molar-refractivity contribution in [2.45, 2.75) is 12.5 Å². The van der Waals surface area contributed by atoms with Crippen LogP contribution in [0, 0.1) is 0 Å². The maximum Gasteiger partial charge on any atom is 0.316 e. The third-order valence-corrected chi connectivity index (χ3v) is 6.83. The van der Waals surface area contributed by atoms with Gasteiger partial charge >= 0.3 is 5.97 Å². The number of methoxy groups -OCH3 is 2. The fourth-order valence-corrected chi connectivity index (χ4v) is 4.80. The Hall–Kier alpha value is -2.22. The summed E-state index contributed by atoms with van der Waals surface area (Å²) in [7, 11) is 4.94. The molecule has 3 rings (SSSR count). The average Bonchev–Trinajstić information content (AvgIpc) is 2.81. The van der Waals surface area contributed by atoms with Crippen molar-refractivity contribution < 1.29 is 14.3 Å². The largest absolute Gasteiger partial charge is 0.497 e. The third-order valence-electron chi connectivity index (χ3n) is 5.15. The van der Waals surface area contributed by atoms with Crippen molar-refractivity contribution in [1.82, 2.24) is 4.90 Å². The second-order valence-electron chi connectivity index (χ2n) is 6.92. The molecule has 1 N–H and O–H groups in total. The Bertz CT molecular complexity index is 979. The van der Waals surface area contributed by atoms with E-state index in [1.54, 1.807) is 7.11 Å². The van der Waals surface area contributed by atoms with Crippen LogP contribution in [0.25, 0.3) is 5.57 Å². The van der Waals surface area contributed by atoms with Gasteiger partial charge in [0, 0.05) is 29.9 Å². The fraction of sp³-hybridized carbons (Fsp3) is 0.304. The quantitative estimate of drug-likeness (QED) is 0.441. The molecule has 0 radical (unpaired) electrons. The summed E-state index contributed by atoms with van der Waals surface area (Å²) < 4.78 is 10.7. The van der Waals surface area contributed by atoms with E-state index in [0.29, 0.717) is 9.34 Å². The smallest absolute Gasteiger partial charge is 0.316 e. The molecule has 1 aliphatic heterocycles. The number of hydrogen-bond acceptors (Lipinski definition) is 6. The first-order valence-corrected chi connectivity index (χ1v) is 11.6. The summed E-state index contributed by atoms with van der Waals surface area (Å²) in [5.74, 6) is 0.695. The van der Waals surface area contributed by atoms with E-state index >= 15 is 0 Å². The van der Waals surface area contributed by atoms with Gasteiger partial charge in [-0.2, -0.15) is 0 Å². The van der Waals surface area contributed by atoms with Crippen LogP contribution >= 0.6 is 35.6 Å². The minimum Gasteiger partial charge on any atom is -0.497 e. The third kappa shape index (κ3) is 5.73.